The number of carbonyl (C=O) groups excluding carboxylic acids is 2. The number of ether oxygens (including phenoxy) is 1. The largest absolute Gasteiger partial charge is 0.494 e. The highest BCUT2D eigenvalue weighted by Crippen LogP contribution is 2.24. The molecule has 2 aromatic carbocycles. The van der Waals surface area contributed by atoms with Gasteiger partial charge in [-0.3, -0.25) is 14.5 Å². The van der Waals surface area contributed by atoms with E-state index in [4.69, 9.17) is 4.74 Å². The fraction of sp³-hybridized carbons (Fsp3) is 0.417. The van der Waals surface area contributed by atoms with Crippen molar-refractivity contribution < 1.29 is 14.3 Å². The van der Waals surface area contributed by atoms with Gasteiger partial charge in [0.05, 0.1) is 12.6 Å². The number of nitrogens with one attached hydrogen (secondary N) is 1. The molecule has 1 aliphatic heterocycles. The van der Waals surface area contributed by atoms with Crippen molar-refractivity contribution in [3.05, 3.63) is 65.7 Å². The van der Waals surface area contributed by atoms with Crippen molar-refractivity contribution in [2.45, 2.75) is 38.6 Å². The molecule has 1 aliphatic rings. The minimum atomic E-state index is 0.0379. The average Bonchev–Trinajstić information content (AvgIpc) is 3.27. The quantitative estimate of drug-likeness (QED) is 0.489. The van der Waals surface area contributed by atoms with Crippen LogP contribution < -0.4 is 10.1 Å². The van der Waals surface area contributed by atoms with Crippen molar-refractivity contribution in [3.8, 4) is 5.75 Å². The van der Waals surface area contributed by atoms with Crippen LogP contribution in [-0.2, 0) is 4.79 Å². The molecule has 0 bridgehead atoms. The summed E-state index contributed by atoms with van der Waals surface area (Å²) in [6.45, 7) is 4.83. The summed E-state index contributed by atoms with van der Waals surface area (Å²) in [6, 6.07) is 17.7. The molecule has 0 aromatic heterocycles. The molecule has 1 fully saturated rings. The summed E-state index contributed by atoms with van der Waals surface area (Å²) < 4.78 is 5.67. The third-order valence-corrected chi connectivity index (χ3v) is 5.34. The number of rotatable bonds is 10. The van der Waals surface area contributed by atoms with Crippen LogP contribution in [0.2, 0.25) is 0 Å². The van der Waals surface area contributed by atoms with Crippen molar-refractivity contribution in [3.63, 3.8) is 0 Å². The van der Waals surface area contributed by atoms with Gasteiger partial charge in [-0.2, -0.15) is 0 Å². The molecule has 5 heteroatoms. The molecule has 1 saturated heterocycles. The molecule has 2 aromatic rings. The number of nitrogens with zero attached hydrogens (tertiary/aromatic N) is 1. The molecule has 1 amide bonds. The molecule has 1 unspecified atom stereocenters. The molecular weight excluding hydrogens is 364 g/mol. The Balaban J connectivity index is 1.40. The second-order valence-electron chi connectivity index (χ2n) is 7.51. The molecule has 3 rings (SSSR count). The lowest BCUT2D eigenvalue weighted by atomic mass is 10.1. The third-order valence-electron chi connectivity index (χ3n) is 5.34. The Labute approximate surface area is 173 Å². The second kappa shape index (κ2) is 10.8. The lowest BCUT2D eigenvalue weighted by Gasteiger charge is -2.28. The fourth-order valence-electron chi connectivity index (χ4n) is 3.69. The SMILES string of the molecule is CC(=O)c1ccc(OCCCC(=O)NCC(c2ccccc2)N2CCCC2)cc1. The van der Waals surface area contributed by atoms with Gasteiger partial charge in [-0.05, 0) is 69.1 Å². The minimum Gasteiger partial charge on any atom is -0.494 e. The molecule has 0 radical (unpaired) electrons. The predicted molar refractivity (Wildman–Crippen MR) is 114 cm³/mol. The van der Waals surface area contributed by atoms with Crippen LogP contribution in [0.15, 0.2) is 54.6 Å². The van der Waals surface area contributed by atoms with Gasteiger partial charge in [-0.25, -0.2) is 0 Å². The topological polar surface area (TPSA) is 58.6 Å². The first-order valence-corrected chi connectivity index (χ1v) is 10.4. The summed E-state index contributed by atoms with van der Waals surface area (Å²) in [4.78, 5) is 26.1. The van der Waals surface area contributed by atoms with Gasteiger partial charge in [0, 0.05) is 18.5 Å². The number of hydrogen-bond acceptors (Lipinski definition) is 4. The van der Waals surface area contributed by atoms with Crippen LogP contribution in [0.4, 0.5) is 0 Å². The smallest absolute Gasteiger partial charge is 0.220 e. The molecule has 0 spiro atoms. The molecule has 1 atom stereocenters. The maximum atomic E-state index is 12.3. The lowest BCUT2D eigenvalue weighted by molar-refractivity contribution is -0.121. The van der Waals surface area contributed by atoms with Gasteiger partial charge in [-0.1, -0.05) is 30.3 Å². The van der Waals surface area contributed by atoms with Crippen molar-refractivity contribution in [1.29, 1.82) is 0 Å². The highest BCUT2D eigenvalue weighted by molar-refractivity contribution is 5.94. The van der Waals surface area contributed by atoms with Crippen LogP contribution >= 0.6 is 0 Å². The van der Waals surface area contributed by atoms with E-state index in [2.05, 4.69) is 34.5 Å². The first kappa shape index (κ1) is 21.1. The highest BCUT2D eigenvalue weighted by atomic mass is 16.5. The summed E-state index contributed by atoms with van der Waals surface area (Å²) in [5.74, 6) is 0.810. The van der Waals surface area contributed by atoms with E-state index in [0.29, 0.717) is 37.3 Å². The van der Waals surface area contributed by atoms with Crippen molar-refractivity contribution >= 4 is 11.7 Å². The maximum Gasteiger partial charge on any atom is 0.220 e. The van der Waals surface area contributed by atoms with E-state index < -0.39 is 0 Å². The number of hydrogen-bond donors (Lipinski definition) is 1. The summed E-state index contributed by atoms with van der Waals surface area (Å²) in [5, 5.41) is 3.10. The van der Waals surface area contributed by atoms with Gasteiger partial charge in [-0.15, -0.1) is 0 Å². The van der Waals surface area contributed by atoms with E-state index in [1.807, 2.05) is 6.07 Å². The van der Waals surface area contributed by atoms with Gasteiger partial charge in [0.1, 0.15) is 5.75 Å². The van der Waals surface area contributed by atoms with E-state index in [1.54, 1.807) is 31.2 Å². The number of carbonyl (C=O) groups is 2. The number of Topliss-reactive ketones (excluding diaryl/α,β-unsaturated/α-hetero) is 1. The third kappa shape index (κ3) is 6.43. The molecule has 1 N–H and O–H groups in total. The fourth-order valence-corrected chi connectivity index (χ4v) is 3.69. The summed E-state index contributed by atoms with van der Waals surface area (Å²) in [6.07, 6.45) is 3.54. The maximum absolute atomic E-state index is 12.3. The standard InChI is InChI=1S/C24H30N2O3/c1-19(27)20-11-13-22(14-12-20)29-17-7-10-24(28)25-18-23(26-15-5-6-16-26)21-8-3-2-4-9-21/h2-4,8-9,11-14,23H,5-7,10,15-18H2,1H3,(H,25,28). The molecule has 5 nitrogen and oxygen atoms in total. The van der Waals surface area contributed by atoms with E-state index in [0.717, 1.165) is 13.1 Å². The Morgan fingerprint density at radius 1 is 1.03 bits per heavy atom. The number of likely N-dealkylation sites (tertiary alicyclic amines) is 1. The lowest BCUT2D eigenvalue weighted by Crippen LogP contribution is -2.36. The summed E-state index contributed by atoms with van der Waals surface area (Å²) >= 11 is 0. The normalized spacial score (nSPS) is 15.1. The van der Waals surface area contributed by atoms with E-state index in [-0.39, 0.29) is 17.7 Å². The monoisotopic (exact) mass is 394 g/mol. The van der Waals surface area contributed by atoms with Gasteiger partial charge in [0.25, 0.3) is 0 Å². The van der Waals surface area contributed by atoms with Gasteiger partial charge in [0.2, 0.25) is 5.91 Å². The van der Waals surface area contributed by atoms with Crippen molar-refractivity contribution in [2.75, 3.05) is 26.2 Å². The van der Waals surface area contributed by atoms with Crippen molar-refractivity contribution in [1.82, 2.24) is 10.2 Å². The van der Waals surface area contributed by atoms with Gasteiger partial charge < -0.3 is 10.1 Å². The van der Waals surface area contributed by atoms with Crippen molar-refractivity contribution in [2.24, 2.45) is 0 Å². The predicted octanol–water partition coefficient (Wildman–Crippen LogP) is 4.00. The highest BCUT2D eigenvalue weighted by Gasteiger charge is 2.23. The molecule has 0 saturated carbocycles. The van der Waals surface area contributed by atoms with E-state index in [1.165, 1.54) is 18.4 Å². The van der Waals surface area contributed by atoms with Crippen LogP contribution in [0.5, 0.6) is 5.75 Å². The molecule has 1 heterocycles. The Bertz CT molecular complexity index is 784. The number of ketones is 1. The Kier molecular flexibility index (Phi) is 7.82. The number of amides is 1. The zero-order chi connectivity index (χ0) is 20.5. The van der Waals surface area contributed by atoms with E-state index >= 15 is 0 Å². The molecule has 29 heavy (non-hydrogen) atoms. The molecule has 154 valence electrons. The second-order valence-corrected chi connectivity index (χ2v) is 7.51. The zero-order valence-corrected chi connectivity index (χ0v) is 17.1. The average molecular weight is 395 g/mol. The van der Waals surface area contributed by atoms with Gasteiger partial charge >= 0.3 is 0 Å². The van der Waals surface area contributed by atoms with Crippen LogP contribution in [0, 0.1) is 0 Å². The summed E-state index contributed by atoms with van der Waals surface area (Å²) in [5.41, 5.74) is 1.93. The minimum absolute atomic E-state index is 0.0379. The van der Waals surface area contributed by atoms with Gasteiger partial charge in [0.15, 0.2) is 5.78 Å². The van der Waals surface area contributed by atoms with Crippen LogP contribution in [0.1, 0.15) is 54.6 Å². The first-order valence-electron chi connectivity index (χ1n) is 10.4. The first-order chi connectivity index (χ1) is 14.1. The molecule has 0 aliphatic carbocycles. The summed E-state index contributed by atoms with van der Waals surface area (Å²) in [7, 11) is 0. The Morgan fingerprint density at radius 2 is 1.72 bits per heavy atom. The Morgan fingerprint density at radius 3 is 2.38 bits per heavy atom. The molecular formula is C24H30N2O3. The van der Waals surface area contributed by atoms with Crippen LogP contribution in [0.3, 0.4) is 0 Å². The van der Waals surface area contributed by atoms with Crippen LogP contribution in [-0.4, -0.2) is 42.8 Å². The number of benzene rings is 2. The van der Waals surface area contributed by atoms with Crippen LogP contribution in [0.25, 0.3) is 0 Å². The Hall–Kier alpha value is -2.66. The van der Waals surface area contributed by atoms with E-state index in [9.17, 15) is 9.59 Å². The zero-order valence-electron chi connectivity index (χ0n) is 17.1.